The summed E-state index contributed by atoms with van der Waals surface area (Å²) < 4.78 is 0. The Morgan fingerprint density at radius 1 is 1.38 bits per heavy atom. The van der Waals surface area contributed by atoms with Crippen molar-refractivity contribution < 1.29 is 10.2 Å². The Balaban J connectivity index is 2.65. The molecule has 0 spiro atoms. The number of phenolic OH excluding ortho intramolecular Hbond substituents is 2. The largest absolute Gasteiger partial charge is 0.508 e. The summed E-state index contributed by atoms with van der Waals surface area (Å²) in [6.45, 7) is 0. The third kappa shape index (κ3) is 2.88. The van der Waals surface area contributed by atoms with Crippen molar-refractivity contribution in [2.75, 3.05) is 5.75 Å². The lowest BCUT2D eigenvalue weighted by atomic mass is 10.3. The third-order valence-corrected chi connectivity index (χ3v) is 2.46. The van der Waals surface area contributed by atoms with Crippen LogP contribution >= 0.6 is 11.8 Å². The first-order chi connectivity index (χ1) is 6.24. The first-order valence-corrected chi connectivity index (χ1v) is 4.74. The second-order valence-corrected chi connectivity index (χ2v) is 3.55. The molecule has 1 aromatic carbocycles. The standard InChI is InChI=1S/C9H9NO2S/c10-4-1-5-13-9-6-7(11)2-3-8(9)12/h2-3,6,11-12H,1,5H2. The molecule has 0 aliphatic heterocycles. The van der Waals surface area contributed by atoms with E-state index in [9.17, 15) is 5.11 Å². The van der Waals surface area contributed by atoms with Gasteiger partial charge in [0.2, 0.25) is 0 Å². The molecule has 0 radical (unpaired) electrons. The Kier molecular flexibility index (Phi) is 3.47. The van der Waals surface area contributed by atoms with Crippen molar-refractivity contribution >= 4 is 11.8 Å². The van der Waals surface area contributed by atoms with Crippen LogP contribution in [0.15, 0.2) is 23.1 Å². The summed E-state index contributed by atoms with van der Waals surface area (Å²) >= 11 is 1.35. The van der Waals surface area contributed by atoms with Crippen molar-refractivity contribution in [3.05, 3.63) is 18.2 Å². The molecule has 4 heteroatoms. The Morgan fingerprint density at radius 2 is 2.15 bits per heavy atom. The van der Waals surface area contributed by atoms with Gasteiger partial charge in [-0.15, -0.1) is 11.8 Å². The minimum atomic E-state index is 0.122. The SMILES string of the molecule is N#CCCSc1cc(O)ccc1O. The zero-order chi connectivity index (χ0) is 9.68. The molecule has 0 aliphatic rings. The van der Waals surface area contributed by atoms with Gasteiger partial charge in [-0.2, -0.15) is 5.26 Å². The van der Waals surface area contributed by atoms with Gasteiger partial charge in [-0.25, -0.2) is 0 Å². The van der Waals surface area contributed by atoms with Gasteiger partial charge in [0.25, 0.3) is 0 Å². The molecule has 2 N–H and O–H groups in total. The van der Waals surface area contributed by atoms with Crippen LogP contribution in [-0.2, 0) is 0 Å². The van der Waals surface area contributed by atoms with Crippen molar-refractivity contribution in [3.8, 4) is 17.6 Å². The molecule has 68 valence electrons. The predicted octanol–water partition coefficient (Wildman–Crippen LogP) is 2.10. The molecule has 0 saturated carbocycles. The van der Waals surface area contributed by atoms with E-state index in [4.69, 9.17) is 10.4 Å². The molecular formula is C9H9NO2S. The van der Waals surface area contributed by atoms with Crippen LogP contribution in [0.3, 0.4) is 0 Å². The maximum Gasteiger partial charge on any atom is 0.129 e. The molecule has 0 amide bonds. The Morgan fingerprint density at radius 3 is 2.85 bits per heavy atom. The Hall–Kier alpha value is -1.34. The molecule has 0 fully saturated rings. The summed E-state index contributed by atoms with van der Waals surface area (Å²) in [4.78, 5) is 0.607. The van der Waals surface area contributed by atoms with Crippen molar-refractivity contribution in [1.82, 2.24) is 0 Å². The molecule has 3 nitrogen and oxygen atoms in total. The predicted molar refractivity (Wildman–Crippen MR) is 50.7 cm³/mol. The van der Waals surface area contributed by atoms with Crippen LogP contribution in [0.5, 0.6) is 11.5 Å². The Bertz CT molecular complexity index is 333. The lowest BCUT2D eigenvalue weighted by molar-refractivity contribution is 0.448. The monoisotopic (exact) mass is 195 g/mol. The number of nitrogens with zero attached hydrogens (tertiary/aromatic N) is 1. The minimum absolute atomic E-state index is 0.122. The van der Waals surface area contributed by atoms with Gasteiger partial charge < -0.3 is 10.2 Å². The zero-order valence-corrected chi connectivity index (χ0v) is 7.71. The van der Waals surface area contributed by atoms with Gasteiger partial charge in [0.1, 0.15) is 11.5 Å². The van der Waals surface area contributed by atoms with Gasteiger partial charge in [0.05, 0.1) is 11.0 Å². The smallest absolute Gasteiger partial charge is 0.129 e. The van der Waals surface area contributed by atoms with Crippen molar-refractivity contribution in [3.63, 3.8) is 0 Å². The number of aromatic hydroxyl groups is 2. The highest BCUT2D eigenvalue weighted by atomic mass is 32.2. The normalized spacial score (nSPS) is 9.46. The second-order valence-electron chi connectivity index (χ2n) is 2.41. The maximum absolute atomic E-state index is 9.32. The summed E-state index contributed by atoms with van der Waals surface area (Å²) in [5.41, 5.74) is 0. The van der Waals surface area contributed by atoms with Crippen LogP contribution in [0.4, 0.5) is 0 Å². The van der Waals surface area contributed by atoms with Crippen LogP contribution in [0.25, 0.3) is 0 Å². The summed E-state index contributed by atoms with van der Waals surface area (Å²) in [6, 6.07) is 6.35. The molecule has 1 rings (SSSR count). The minimum Gasteiger partial charge on any atom is -0.508 e. The average molecular weight is 195 g/mol. The summed E-state index contributed by atoms with van der Waals surface area (Å²) in [5, 5.41) is 26.7. The number of nitriles is 1. The highest BCUT2D eigenvalue weighted by Crippen LogP contribution is 2.31. The van der Waals surface area contributed by atoms with Gasteiger partial charge in [0, 0.05) is 12.2 Å². The van der Waals surface area contributed by atoms with E-state index in [0.717, 1.165) is 0 Å². The second kappa shape index (κ2) is 4.63. The number of rotatable bonds is 3. The van der Waals surface area contributed by atoms with Crippen LogP contribution in [0.1, 0.15) is 6.42 Å². The molecule has 0 aliphatic carbocycles. The average Bonchev–Trinajstić information content (AvgIpc) is 2.11. The van der Waals surface area contributed by atoms with Gasteiger partial charge in [-0.05, 0) is 18.2 Å². The fourth-order valence-corrected chi connectivity index (χ4v) is 1.66. The summed E-state index contributed by atoms with van der Waals surface area (Å²) in [5.74, 6) is 0.881. The van der Waals surface area contributed by atoms with E-state index in [1.54, 1.807) is 0 Å². The quantitative estimate of drug-likeness (QED) is 0.440. The molecule has 0 bridgehead atoms. The van der Waals surface area contributed by atoms with E-state index in [1.807, 2.05) is 6.07 Å². The summed E-state index contributed by atoms with van der Waals surface area (Å²) in [7, 11) is 0. The molecular weight excluding hydrogens is 186 g/mol. The molecule has 0 aromatic heterocycles. The van der Waals surface area contributed by atoms with Crippen LogP contribution in [0, 0.1) is 11.3 Å². The van der Waals surface area contributed by atoms with Crippen molar-refractivity contribution in [2.45, 2.75) is 11.3 Å². The highest BCUT2D eigenvalue weighted by molar-refractivity contribution is 7.99. The van der Waals surface area contributed by atoms with E-state index in [0.29, 0.717) is 17.1 Å². The summed E-state index contributed by atoms with van der Waals surface area (Å²) in [6.07, 6.45) is 0.430. The van der Waals surface area contributed by atoms with Gasteiger partial charge in [-0.3, -0.25) is 0 Å². The first kappa shape index (κ1) is 9.75. The van der Waals surface area contributed by atoms with Crippen molar-refractivity contribution in [1.29, 1.82) is 5.26 Å². The third-order valence-electron chi connectivity index (χ3n) is 1.41. The molecule has 0 atom stereocenters. The van der Waals surface area contributed by atoms with E-state index in [1.165, 1.54) is 30.0 Å². The highest BCUT2D eigenvalue weighted by Gasteiger charge is 2.02. The molecule has 0 heterocycles. The molecule has 1 aromatic rings. The molecule has 13 heavy (non-hydrogen) atoms. The first-order valence-electron chi connectivity index (χ1n) is 3.76. The van der Waals surface area contributed by atoms with Crippen molar-refractivity contribution in [2.24, 2.45) is 0 Å². The molecule has 0 saturated heterocycles. The van der Waals surface area contributed by atoms with Crippen LogP contribution in [-0.4, -0.2) is 16.0 Å². The number of hydrogen-bond acceptors (Lipinski definition) is 4. The van der Waals surface area contributed by atoms with Gasteiger partial charge in [0.15, 0.2) is 0 Å². The lowest BCUT2D eigenvalue weighted by Gasteiger charge is -2.02. The number of thioether (sulfide) groups is 1. The fourth-order valence-electron chi connectivity index (χ4n) is 0.825. The Labute approximate surface area is 80.6 Å². The zero-order valence-electron chi connectivity index (χ0n) is 6.90. The topological polar surface area (TPSA) is 64.2 Å². The van der Waals surface area contributed by atoms with E-state index < -0.39 is 0 Å². The lowest BCUT2D eigenvalue weighted by Crippen LogP contribution is -1.78. The number of hydrogen-bond donors (Lipinski definition) is 2. The van der Waals surface area contributed by atoms with Crippen LogP contribution < -0.4 is 0 Å². The maximum atomic E-state index is 9.32. The fraction of sp³-hybridized carbons (Fsp3) is 0.222. The molecule has 0 unspecified atom stereocenters. The van der Waals surface area contributed by atoms with E-state index in [2.05, 4.69) is 0 Å². The van der Waals surface area contributed by atoms with Gasteiger partial charge >= 0.3 is 0 Å². The van der Waals surface area contributed by atoms with E-state index in [-0.39, 0.29) is 11.5 Å². The van der Waals surface area contributed by atoms with Crippen LogP contribution in [0.2, 0.25) is 0 Å². The number of phenols is 2. The van der Waals surface area contributed by atoms with E-state index >= 15 is 0 Å². The number of benzene rings is 1. The van der Waals surface area contributed by atoms with Gasteiger partial charge in [-0.1, -0.05) is 0 Å².